The summed E-state index contributed by atoms with van der Waals surface area (Å²) in [4.78, 5) is 21.9. The number of anilines is 1. The lowest BCUT2D eigenvalue weighted by Crippen LogP contribution is -2.44. The third-order valence-corrected chi connectivity index (χ3v) is 5.66. The van der Waals surface area contributed by atoms with Crippen LogP contribution in [0.5, 0.6) is 0 Å². The number of rotatable bonds is 3. The van der Waals surface area contributed by atoms with Gasteiger partial charge in [-0.3, -0.25) is 4.79 Å². The van der Waals surface area contributed by atoms with Gasteiger partial charge in [-0.25, -0.2) is 9.97 Å². The number of benzene rings is 1. The highest BCUT2D eigenvalue weighted by Gasteiger charge is 2.49. The minimum Gasteiger partial charge on any atom is -0.326 e. The van der Waals surface area contributed by atoms with Crippen molar-refractivity contribution in [2.24, 2.45) is 11.3 Å². The highest BCUT2D eigenvalue weighted by Crippen LogP contribution is 2.44. The van der Waals surface area contributed by atoms with Crippen molar-refractivity contribution >= 4 is 11.6 Å². The summed E-state index contributed by atoms with van der Waals surface area (Å²) < 4.78 is 0. The van der Waals surface area contributed by atoms with Crippen LogP contribution in [0.3, 0.4) is 0 Å². The van der Waals surface area contributed by atoms with Gasteiger partial charge >= 0.3 is 0 Å². The van der Waals surface area contributed by atoms with E-state index in [0.29, 0.717) is 11.7 Å². The van der Waals surface area contributed by atoms with Crippen molar-refractivity contribution in [3.8, 4) is 11.4 Å². The average Bonchev–Trinajstić information content (AvgIpc) is 3.07. The number of carbonyl (C=O) groups excluding carboxylic acids is 1. The number of carbonyl (C=O) groups is 1. The number of aryl methyl sites for hydroxylation is 1. The molecule has 2 heterocycles. The fraction of sp³-hybridized carbons (Fsp3) is 0.450. The van der Waals surface area contributed by atoms with Crippen molar-refractivity contribution in [3.05, 3.63) is 42.2 Å². The molecule has 1 saturated heterocycles. The minimum atomic E-state index is -0.242. The number of hydrogen-bond donors (Lipinski definition) is 2. The minimum absolute atomic E-state index is 0.157. The Kier molecular flexibility index (Phi) is 4.25. The molecule has 2 N–H and O–H groups in total. The lowest BCUT2D eigenvalue weighted by molar-refractivity contribution is -0.128. The van der Waals surface area contributed by atoms with Crippen molar-refractivity contribution in [1.29, 1.82) is 0 Å². The second kappa shape index (κ2) is 6.56. The average molecular weight is 336 g/mol. The van der Waals surface area contributed by atoms with Gasteiger partial charge in [0.2, 0.25) is 5.91 Å². The Hall–Kier alpha value is -2.27. The van der Waals surface area contributed by atoms with Gasteiger partial charge in [0.1, 0.15) is 0 Å². The largest absolute Gasteiger partial charge is 0.326 e. The van der Waals surface area contributed by atoms with Crippen LogP contribution in [0.2, 0.25) is 0 Å². The van der Waals surface area contributed by atoms with Gasteiger partial charge in [-0.15, -0.1) is 0 Å². The van der Waals surface area contributed by atoms with Crippen molar-refractivity contribution in [2.45, 2.75) is 32.6 Å². The summed E-state index contributed by atoms with van der Waals surface area (Å²) in [5, 5.41) is 6.60. The van der Waals surface area contributed by atoms with E-state index < -0.39 is 0 Å². The van der Waals surface area contributed by atoms with Crippen molar-refractivity contribution in [2.75, 3.05) is 18.4 Å². The van der Waals surface area contributed by atoms with Crippen molar-refractivity contribution in [3.63, 3.8) is 0 Å². The van der Waals surface area contributed by atoms with E-state index in [1.54, 1.807) is 6.20 Å². The number of nitrogens with one attached hydrogen (secondary N) is 2. The number of amides is 1. The Morgan fingerprint density at radius 2 is 2.24 bits per heavy atom. The Balaban J connectivity index is 1.57. The SMILES string of the molecule is Cc1ccnc(-c2cccc(NC(=O)[C@@]34CCCC[C@H]3CNC4)c2)n1. The molecule has 2 aliphatic rings. The maximum absolute atomic E-state index is 13.1. The number of nitrogens with zero attached hydrogens (tertiary/aromatic N) is 2. The van der Waals surface area contributed by atoms with Crippen LogP contribution in [0.25, 0.3) is 11.4 Å². The molecule has 130 valence electrons. The van der Waals surface area contributed by atoms with Gasteiger partial charge in [-0.2, -0.15) is 0 Å². The zero-order valence-corrected chi connectivity index (χ0v) is 14.6. The van der Waals surface area contributed by atoms with Crippen LogP contribution >= 0.6 is 0 Å². The van der Waals surface area contributed by atoms with Crippen LogP contribution in [0.15, 0.2) is 36.5 Å². The fourth-order valence-corrected chi connectivity index (χ4v) is 4.27. The maximum atomic E-state index is 13.1. The zero-order chi connectivity index (χ0) is 17.3. The molecule has 0 radical (unpaired) electrons. The molecule has 2 aromatic rings. The first-order valence-electron chi connectivity index (χ1n) is 9.10. The summed E-state index contributed by atoms with van der Waals surface area (Å²) in [7, 11) is 0. The molecule has 0 unspecified atom stereocenters. The normalized spacial score (nSPS) is 25.4. The summed E-state index contributed by atoms with van der Waals surface area (Å²) in [6.45, 7) is 3.71. The highest BCUT2D eigenvalue weighted by molar-refractivity contribution is 5.96. The molecule has 1 aromatic heterocycles. The summed E-state index contributed by atoms with van der Waals surface area (Å²) in [6.07, 6.45) is 6.28. The topological polar surface area (TPSA) is 66.9 Å². The number of fused-ring (bicyclic) bond motifs is 1. The van der Waals surface area contributed by atoms with Gasteiger partial charge in [-0.05, 0) is 50.4 Å². The lowest BCUT2D eigenvalue weighted by Gasteiger charge is -2.37. The molecule has 0 spiro atoms. The monoisotopic (exact) mass is 336 g/mol. The maximum Gasteiger partial charge on any atom is 0.232 e. The standard InChI is InChI=1S/C20H24N4O/c1-14-8-10-22-18(23-14)15-5-4-7-17(11-15)24-19(25)20-9-3-2-6-16(20)12-21-13-20/h4-5,7-8,10-11,16,21H,2-3,6,9,12-13H2,1H3,(H,24,25)/t16-,20+/m0/s1. The van der Waals surface area contributed by atoms with E-state index >= 15 is 0 Å². The second-order valence-corrected chi connectivity index (χ2v) is 7.29. The third-order valence-electron chi connectivity index (χ3n) is 5.66. The zero-order valence-electron chi connectivity index (χ0n) is 14.6. The Morgan fingerprint density at radius 1 is 1.32 bits per heavy atom. The second-order valence-electron chi connectivity index (χ2n) is 7.29. The van der Waals surface area contributed by atoms with Crippen LogP contribution in [-0.2, 0) is 4.79 Å². The molecule has 2 atom stereocenters. The molecule has 4 rings (SSSR count). The summed E-state index contributed by atoms with van der Waals surface area (Å²) in [5.74, 6) is 1.31. The summed E-state index contributed by atoms with van der Waals surface area (Å²) in [6, 6.07) is 9.70. The molecule has 2 fully saturated rings. The van der Waals surface area contributed by atoms with Crippen molar-refractivity contribution in [1.82, 2.24) is 15.3 Å². The molecule has 1 saturated carbocycles. The Labute approximate surface area is 148 Å². The molecule has 25 heavy (non-hydrogen) atoms. The van der Waals surface area contributed by atoms with E-state index in [1.807, 2.05) is 37.3 Å². The molecule has 5 nitrogen and oxygen atoms in total. The van der Waals surface area contributed by atoms with E-state index in [-0.39, 0.29) is 11.3 Å². The van der Waals surface area contributed by atoms with Crippen LogP contribution in [-0.4, -0.2) is 29.0 Å². The van der Waals surface area contributed by atoms with Crippen LogP contribution in [0.1, 0.15) is 31.4 Å². The molecular weight excluding hydrogens is 312 g/mol. The van der Waals surface area contributed by atoms with Gasteiger partial charge in [0, 0.05) is 29.7 Å². The molecular formula is C20H24N4O. The van der Waals surface area contributed by atoms with Crippen LogP contribution < -0.4 is 10.6 Å². The molecule has 1 aromatic carbocycles. The first-order chi connectivity index (χ1) is 12.2. The molecule has 1 aliphatic carbocycles. The van der Waals surface area contributed by atoms with Gasteiger partial charge in [-0.1, -0.05) is 25.0 Å². The number of aromatic nitrogens is 2. The Morgan fingerprint density at radius 3 is 3.12 bits per heavy atom. The predicted molar refractivity (Wildman–Crippen MR) is 98.1 cm³/mol. The van der Waals surface area contributed by atoms with E-state index in [0.717, 1.165) is 49.3 Å². The van der Waals surface area contributed by atoms with Crippen LogP contribution in [0, 0.1) is 18.3 Å². The summed E-state index contributed by atoms with van der Waals surface area (Å²) >= 11 is 0. The first kappa shape index (κ1) is 16.2. The van der Waals surface area contributed by atoms with Crippen LogP contribution in [0.4, 0.5) is 5.69 Å². The lowest BCUT2D eigenvalue weighted by atomic mass is 9.67. The highest BCUT2D eigenvalue weighted by atomic mass is 16.2. The third kappa shape index (κ3) is 3.04. The van der Waals surface area contributed by atoms with E-state index in [1.165, 1.54) is 6.42 Å². The number of hydrogen-bond acceptors (Lipinski definition) is 4. The molecule has 1 amide bonds. The van der Waals surface area contributed by atoms with Crippen molar-refractivity contribution < 1.29 is 4.79 Å². The van der Waals surface area contributed by atoms with Gasteiger partial charge in [0.05, 0.1) is 5.41 Å². The molecule has 0 bridgehead atoms. The first-order valence-corrected chi connectivity index (χ1v) is 9.10. The predicted octanol–water partition coefficient (Wildman–Crippen LogP) is 3.17. The fourth-order valence-electron chi connectivity index (χ4n) is 4.27. The quantitative estimate of drug-likeness (QED) is 0.903. The smallest absolute Gasteiger partial charge is 0.232 e. The van der Waals surface area contributed by atoms with E-state index in [4.69, 9.17) is 0 Å². The van der Waals surface area contributed by atoms with Gasteiger partial charge < -0.3 is 10.6 Å². The van der Waals surface area contributed by atoms with Gasteiger partial charge in [0.25, 0.3) is 0 Å². The van der Waals surface area contributed by atoms with E-state index in [2.05, 4.69) is 20.6 Å². The molecule has 5 heteroatoms. The Bertz CT molecular complexity index is 791. The van der Waals surface area contributed by atoms with Gasteiger partial charge in [0.15, 0.2) is 5.82 Å². The summed E-state index contributed by atoms with van der Waals surface area (Å²) in [5.41, 5.74) is 2.43. The molecule has 1 aliphatic heterocycles. The van der Waals surface area contributed by atoms with E-state index in [9.17, 15) is 4.79 Å².